The Morgan fingerprint density at radius 3 is 3.06 bits per heavy atom. The van der Waals surface area contributed by atoms with Crippen LogP contribution < -0.4 is 5.32 Å². The van der Waals surface area contributed by atoms with E-state index >= 15 is 0 Å². The Bertz CT molecular complexity index is 516. The predicted octanol–water partition coefficient (Wildman–Crippen LogP) is 2.97. The van der Waals surface area contributed by atoms with Crippen LogP contribution in [0.25, 0.3) is 0 Å². The molecule has 1 unspecified atom stereocenters. The molecule has 1 atom stereocenters. The number of hydrogen-bond donors (Lipinski definition) is 1. The van der Waals surface area contributed by atoms with Crippen LogP contribution >= 0.6 is 11.3 Å². The smallest absolute Gasteiger partial charge is 0.167 e. The van der Waals surface area contributed by atoms with Crippen LogP contribution in [0.4, 0.5) is 5.82 Å². The number of nitrogens with zero attached hydrogens (tertiary/aromatic N) is 3. The Kier molecular flexibility index (Phi) is 3.68. The van der Waals surface area contributed by atoms with Gasteiger partial charge in [0.15, 0.2) is 5.82 Å². The van der Waals surface area contributed by atoms with Crippen LogP contribution in [0.3, 0.4) is 0 Å². The second-order valence-electron chi connectivity index (χ2n) is 3.53. The normalized spacial score (nSPS) is 11.8. The number of hydrogen-bond acceptors (Lipinski definition) is 5. The molecule has 2 aromatic rings. The van der Waals surface area contributed by atoms with E-state index in [-0.39, 0.29) is 6.04 Å². The lowest BCUT2D eigenvalue weighted by molar-refractivity contribution is 0.753. The average Bonchev–Trinajstić information content (AvgIpc) is 2.90. The average molecular weight is 244 g/mol. The Labute approximate surface area is 104 Å². The number of nitriles is 1. The van der Waals surface area contributed by atoms with E-state index in [1.54, 1.807) is 17.4 Å². The SMILES string of the molecule is CCC(Nc1nnccc1C#N)c1cccs1. The second-order valence-corrected chi connectivity index (χ2v) is 4.51. The molecule has 0 spiro atoms. The number of thiophene rings is 1. The maximum Gasteiger partial charge on any atom is 0.167 e. The molecule has 86 valence electrons. The monoisotopic (exact) mass is 244 g/mol. The highest BCUT2D eigenvalue weighted by atomic mass is 32.1. The third-order valence-corrected chi connectivity index (χ3v) is 3.43. The first-order valence-electron chi connectivity index (χ1n) is 5.37. The molecule has 0 aliphatic rings. The van der Waals surface area contributed by atoms with E-state index in [4.69, 9.17) is 5.26 Å². The largest absolute Gasteiger partial charge is 0.360 e. The molecular weight excluding hydrogens is 232 g/mol. The van der Waals surface area contributed by atoms with E-state index < -0.39 is 0 Å². The molecule has 0 aliphatic carbocycles. The van der Waals surface area contributed by atoms with Crippen molar-refractivity contribution in [2.75, 3.05) is 5.32 Å². The third-order valence-electron chi connectivity index (χ3n) is 2.45. The molecule has 2 aromatic heterocycles. The van der Waals surface area contributed by atoms with Crippen molar-refractivity contribution in [1.29, 1.82) is 5.26 Å². The molecule has 0 aliphatic heterocycles. The second kappa shape index (κ2) is 5.41. The molecule has 5 heteroatoms. The first-order chi connectivity index (χ1) is 8.35. The van der Waals surface area contributed by atoms with E-state index in [0.717, 1.165) is 6.42 Å². The van der Waals surface area contributed by atoms with Crippen molar-refractivity contribution < 1.29 is 0 Å². The minimum atomic E-state index is 0.179. The number of nitrogens with one attached hydrogen (secondary N) is 1. The maximum atomic E-state index is 8.98. The molecule has 2 heterocycles. The predicted molar refractivity (Wildman–Crippen MR) is 67.7 cm³/mol. The third kappa shape index (κ3) is 2.60. The molecule has 17 heavy (non-hydrogen) atoms. The number of anilines is 1. The van der Waals surface area contributed by atoms with Gasteiger partial charge in [0.2, 0.25) is 0 Å². The highest BCUT2D eigenvalue weighted by Crippen LogP contribution is 2.26. The molecule has 0 fully saturated rings. The minimum absolute atomic E-state index is 0.179. The molecule has 0 radical (unpaired) electrons. The summed E-state index contributed by atoms with van der Waals surface area (Å²) in [6, 6.07) is 8.05. The molecule has 0 amide bonds. The zero-order valence-electron chi connectivity index (χ0n) is 9.42. The summed E-state index contributed by atoms with van der Waals surface area (Å²) in [5.74, 6) is 0.551. The summed E-state index contributed by atoms with van der Waals surface area (Å²) >= 11 is 1.69. The van der Waals surface area contributed by atoms with Crippen molar-refractivity contribution >= 4 is 17.2 Å². The van der Waals surface area contributed by atoms with Crippen LogP contribution in [0.5, 0.6) is 0 Å². The van der Waals surface area contributed by atoms with Gasteiger partial charge < -0.3 is 5.32 Å². The summed E-state index contributed by atoms with van der Waals surface area (Å²) in [6.07, 6.45) is 2.46. The van der Waals surface area contributed by atoms with Gasteiger partial charge in [0.1, 0.15) is 6.07 Å². The van der Waals surface area contributed by atoms with Gasteiger partial charge in [-0.25, -0.2) is 0 Å². The summed E-state index contributed by atoms with van der Waals surface area (Å²) in [5, 5.41) is 22.1. The van der Waals surface area contributed by atoms with Crippen LogP contribution in [0.1, 0.15) is 29.8 Å². The van der Waals surface area contributed by atoms with Crippen LogP contribution in [-0.4, -0.2) is 10.2 Å². The highest BCUT2D eigenvalue weighted by molar-refractivity contribution is 7.10. The van der Waals surface area contributed by atoms with Gasteiger partial charge in [-0.2, -0.15) is 10.4 Å². The van der Waals surface area contributed by atoms with Gasteiger partial charge in [-0.3, -0.25) is 0 Å². The Balaban J connectivity index is 2.22. The molecule has 0 bridgehead atoms. The van der Waals surface area contributed by atoms with E-state index in [2.05, 4.69) is 34.6 Å². The standard InChI is InChI=1S/C12H12N4S/c1-2-10(11-4-3-7-17-11)15-12-9(8-13)5-6-14-16-12/h3-7,10H,2H2,1H3,(H,15,16). The Morgan fingerprint density at radius 2 is 2.41 bits per heavy atom. The van der Waals surface area contributed by atoms with E-state index in [1.807, 2.05) is 11.4 Å². The van der Waals surface area contributed by atoms with Gasteiger partial charge >= 0.3 is 0 Å². The van der Waals surface area contributed by atoms with Crippen molar-refractivity contribution in [2.24, 2.45) is 0 Å². The van der Waals surface area contributed by atoms with E-state index in [0.29, 0.717) is 11.4 Å². The van der Waals surface area contributed by atoms with Gasteiger partial charge in [0.25, 0.3) is 0 Å². The molecule has 4 nitrogen and oxygen atoms in total. The molecule has 1 N–H and O–H groups in total. The van der Waals surface area contributed by atoms with Crippen molar-refractivity contribution in [3.63, 3.8) is 0 Å². The fraction of sp³-hybridized carbons (Fsp3) is 0.250. The van der Waals surface area contributed by atoms with Gasteiger partial charge in [-0.15, -0.1) is 16.4 Å². The summed E-state index contributed by atoms with van der Waals surface area (Å²) < 4.78 is 0. The molecule has 0 saturated heterocycles. The Hall–Kier alpha value is -1.93. The van der Waals surface area contributed by atoms with E-state index in [9.17, 15) is 0 Å². The highest BCUT2D eigenvalue weighted by Gasteiger charge is 2.13. The molecule has 2 rings (SSSR count). The zero-order valence-corrected chi connectivity index (χ0v) is 10.2. The van der Waals surface area contributed by atoms with E-state index in [1.165, 1.54) is 11.1 Å². The fourth-order valence-corrected chi connectivity index (χ4v) is 2.42. The van der Waals surface area contributed by atoms with Crippen molar-refractivity contribution in [3.05, 3.63) is 40.2 Å². The molecule has 0 saturated carbocycles. The van der Waals surface area contributed by atoms with Gasteiger partial charge in [0.05, 0.1) is 17.8 Å². The van der Waals surface area contributed by atoms with Crippen molar-refractivity contribution in [1.82, 2.24) is 10.2 Å². The van der Waals surface area contributed by atoms with Crippen LogP contribution in [0.15, 0.2) is 29.8 Å². The number of aromatic nitrogens is 2. The number of rotatable bonds is 4. The summed E-state index contributed by atoms with van der Waals surface area (Å²) in [5.41, 5.74) is 0.523. The topological polar surface area (TPSA) is 61.6 Å². The van der Waals surface area contributed by atoms with Crippen molar-refractivity contribution in [3.8, 4) is 6.07 Å². The summed E-state index contributed by atoms with van der Waals surface area (Å²) in [4.78, 5) is 1.24. The first kappa shape index (κ1) is 11.6. The Morgan fingerprint density at radius 1 is 1.53 bits per heavy atom. The fourth-order valence-electron chi connectivity index (χ4n) is 1.56. The molecule has 0 aromatic carbocycles. The summed E-state index contributed by atoms with van der Waals surface area (Å²) in [7, 11) is 0. The quantitative estimate of drug-likeness (QED) is 0.898. The minimum Gasteiger partial charge on any atom is -0.360 e. The molecular formula is C12H12N4S. The van der Waals surface area contributed by atoms with Crippen LogP contribution in [0, 0.1) is 11.3 Å². The van der Waals surface area contributed by atoms with Gasteiger partial charge in [-0.05, 0) is 23.9 Å². The van der Waals surface area contributed by atoms with Gasteiger partial charge in [-0.1, -0.05) is 13.0 Å². The van der Waals surface area contributed by atoms with Crippen molar-refractivity contribution in [2.45, 2.75) is 19.4 Å². The van der Waals surface area contributed by atoms with Crippen LogP contribution in [0.2, 0.25) is 0 Å². The zero-order chi connectivity index (χ0) is 12.1. The van der Waals surface area contributed by atoms with Gasteiger partial charge in [0, 0.05) is 4.88 Å². The lowest BCUT2D eigenvalue weighted by atomic mass is 10.2. The maximum absolute atomic E-state index is 8.98. The lowest BCUT2D eigenvalue weighted by Crippen LogP contribution is -2.11. The lowest BCUT2D eigenvalue weighted by Gasteiger charge is -2.16. The van der Waals surface area contributed by atoms with Crippen LogP contribution in [-0.2, 0) is 0 Å². The summed E-state index contributed by atoms with van der Waals surface area (Å²) in [6.45, 7) is 2.10. The first-order valence-corrected chi connectivity index (χ1v) is 6.24.